The largest absolute Gasteiger partial charge is 0.507 e. The number of pyridine rings is 1. The van der Waals surface area contributed by atoms with E-state index in [2.05, 4.69) is 4.98 Å². The van der Waals surface area contributed by atoms with Gasteiger partial charge in [0.15, 0.2) is 0 Å². The Bertz CT molecular complexity index is 889. The van der Waals surface area contributed by atoms with Gasteiger partial charge < -0.3 is 14.7 Å². The summed E-state index contributed by atoms with van der Waals surface area (Å²) in [5.41, 5.74) is 1.30. The minimum atomic E-state index is -0.671. The van der Waals surface area contributed by atoms with Crippen LogP contribution in [0, 0.1) is 0 Å². The number of amides is 1. The fourth-order valence-electron chi connectivity index (χ4n) is 3.36. The van der Waals surface area contributed by atoms with Crippen molar-refractivity contribution in [1.29, 1.82) is 0 Å². The van der Waals surface area contributed by atoms with Crippen LogP contribution in [0.5, 0.6) is 5.75 Å². The highest BCUT2D eigenvalue weighted by Gasteiger charge is 2.45. The number of carbonyl (C=O) groups excluding carboxylic acids is 2. The fourth-order valence-corrected chi connectivity index (χ4v) is 3.36. The van der Waals surface area contributed by atoms with E-state index in [1.54, 1.807) is 48.8 Å². The topological polar surface area (TPSA) is 79.7 Å². The maximum Gasteiger partial charge on any atom is 0.295 e. The van der Waals surface area contributed by atoms with Crippen LogP contribution in [0.2, 0.25) is 0 Å². The summed E-state index contributed by atoms with van der Waals surface area (Å²) >= 11 is 0. The summed E-state index contributed by atoms with van der Waals surface area (Å²) in [6.07, 6.45) is 3.96. The number of aromatic nitrogens is 1. The minimum Gasteiger partial charge on any atom is -0.507 e. The van der Waals surface area contributed by atoms with E-state index in [0.717, 1.165) is 5.56 Å². The van der Waals surface area contributed by atoms with Gasteiger partial charge >= 0.3 is 0 Å². The summed E-state index contributed by atoms with van der Waals surface area (Å²) in [7, 11) is 0. The zero-order chi connectivity index (χ0) is 20.3. The highest BCUT2D eigenvalue weighted by Crippen LogP contribution is 2.39. The van der Waals surface area contributed by atoms with Gasteiger partial charge in [-0.05, 0) is 62.2 Å². The zero-order valence-electron chi connectivity index (χ0n) is 16.3. The van der Waals surface area contributed by atoms with E-state index in [1.807, 2.05) is 20.8 Å². The van der Waals surface area contributed by atoms with Crippen molar-refractivity contribution in [2.45, 2.75) is 39.3 Å². The van der Waals surface area contributed by atoms with Crippen molar-refractivity contribution in [3.63, 3.8) is 0 Å². The molecular weight excluding hydrogens is 356 g/mol. The average Bonchev–Trinajstić information content (AvgIpc) is 2.93. The number of benzene rings is 1. The molecule has 0 aliphatic carbocycles. The van der Waals surface area contributed by atoms with E-state index in [9.17, 15) is 14.7 Å². The van der Waals surface area contributed by atoms with Crippen LogP contribution >= 0.6 is 0 Å². The Morgan fingerprint density at radius 1 is 1.14 bits per heavy atom. The van der Waals surface area contributed by atoms with Gasteiger partial charge in [-0.3, -0.25) is 14.6 Å². The van der Waals surface area contributed by atoms with Crippen molar-refractivity contribution in [1.82, 2.24) is 9.88 Å². The molecule has 1 amide bonds. The Kier molecular flexibility index (Phi) is 5.78. The van der Waals surface area contributed by atoms with Gasteiger partial charge in [-0.15, -0.1) is 0 Å². The summed E-state index contributed by atoms with van der Waals surface area (Å²) in [6.45, 7) is 6.22. The maximum absolute atomic E-state index is 12.8. The SMILES string of the molecule is CCCN1C(=O)C(=O)/C(=C(\O)c2ccc(OC(C)C)cc2)C1c1ccncc1. The van der Waals surface area contributed by atoms with Gasteiger partial charge in [0, 0.05) is 24.5 Å². The van der Waals surface area contributed by atoms with E-state index in [4.69, 9.17) is 4.74 Å². The van der Waals surface area contributed by atoms with Gasteiger partial charge in [0.2, 0.25) is 0 Å². The van der Waals surface area contributed by atoms with Crippen LogP contribution in [-0.2, 0) is 9.59 Å². The molecule has 0 radical (unpaired) electrons. The van der Waals surface area contributed by atoms with Gasteiger partial charge in [-0.2, -0.15) is 0 Å². The van der Waals surface area contributed by atoms with Gasteiger partial charge in [0.25, 0.3) is 11.7 Å². The van der Waals surface area contributed by atoms with Crippen LogP contribution in [-0.4, -0.2) is 39.3 Å². The minimum absolute atomic E-state index is 0.0329. The van der Waals surface area contributed by atoms with Crippen LogP contribution in [0.4, 0.5) is 0 Å². The van der Waals surface area contributed by atoms with Crippen molar-refractivity contribution in [3.05, 3.63) is 65.5 Å². The van der Waals surface area contributed by atoms with Crippen LogP contribution in [0.1, 0.15) is 44.4 Å². The standard InChI is InChI=1S/C22H24N2O4/c1-4-13-24-19(15-9-11-23-12-10-15)18(21(26)22(24)27)20(25)16-5-7-17(8-6-16)28-14(2)3/h5-12,14,19,25H,4,13H2,1-3H3/b20-18-. The molecule has 146 valence electrons. The number of rotatable bonds is 6. The molecule has 1 aromatic carbocycles. The number of hydrogen-bond donors (Lipinski definition) is 1. The Labute approximate surface area is 164 Å². The molecule has 1 aliphatic rings. The summed E-state index contributed by atoms with van der Waals surface area (Å²) in [4.78, 5) is 30.9. The molecule has 1 saturated heterocycles. The number of ketones is 1. The lowest BCUT2D eigenvalue weighted by atomic mass is 9.96. The van der Waals surface area contributed by atoms with Crippen LogP contribution in [0.3, 0.4) is 0 Å². The number of carbonyl (C=O) groups is 2. The van der Waals surface area contributed by atoms with Crippen molar-refractivity contribution in [2.24, 2.45) is 0 Å². The predicted octanol–water partition coefficient (Wildman–Crippen LogP) is 3.70. The van der Waals surface area contributed by atoms with E-state index >= 15 is 0 Å². The second-order valence-corrected chi connectivity index (χ2v) is 6.96. The molecule has 2 aromatic rings. The molecule has 1 N–H and O–H groups in total. The lowest BCUT2D eigenvalue weighted by Gasteiger charge is -2.24. The molecule has 6 heteroatoms. The quantitative estimate of drug-likeness (QED) is 0.470. The molecule has 6 nitrogen and oxygen atoms in total. The Morgan fingerprint density at radius 3 is 2.36 bits per heavy atom. The monoisotopic (exact) mass is 380 g/mol. The summed E-state index contributed by atoms with van der Waals surface area (Å²) in [6, 6.07) is 9.72. The molecule has 3 rings (SSSR count). The van der Waals surface area contributed by atoms with Gasteiger partial charge in [0.05, 0.1) is 17.7 Å². The molecule has 2 heterocycles. The second-order valence-electron chi connectivity index (χ2n) is 6.96. The van der Waals surface area contributed by atoms with Crippen molar-refractivity contribution < 1.29 is 19.4 Å². The zero-order valence-corrected chi connectivity index (χ0v) is 16.3. The molecule has 1 unspecified atom stereocenters. The molecule has 0 spiro atoms. The third kappa shape index (κ3) is 3.76. The lowest BCUT2D eigenvalue weighted by molar-refractivity contribution is -0.139. The number of aliphatic hydroxyl groups is 1. The molecular formula is C22H24N2O4. The first-order chi connectivity index (χ1) is 13.4. The number of ether oxygens (including phenoxy) is 1. The first-order valence-electron chi connectivity index (χ1n) is 9.39. The third-order valence-electron chi connectivity index (χ3n) is 4.53. The Balaban J connectivity index is 2.07. The molecule has 0 bridgehead atoms. The van der Waals surface area contributed by atoms with E-state index < -0.39 is 17.7 Å². The fraction of sp³-hybridized carbons (Fsp3) is 0.318. The number of Topliss-reactive ketones (excluding diaryl/α,β-unsaturated/α-hetero) is 1. The highest BCUT2D eigenvalue weighted by molar-refractivity contribution is 6.46. The van der Waals surface area contributed by atoms with Crippen molar-refractivity contribution in [2.75, 3.05) is 6.54 Å². The van der Waals surface area contributed by atoms with Crippen molar-refractivity contribution in [3.8, 4) is 5.75 Å². The van der Waals surface area contributed by atoms with Crippen LogP contribution in [0.25, 0.3) is 5.76 Å². The first kappa shape index (κ1) is 19.6. The molecule has 1 aromatic heterocycles. The Morgan fingerprint density at radius 2 is 1.79 bits per heavy atom. The summed E-state index contributed by atoms with van der Waals surface area (Å²) in [5, 5.41) is 10.9. The van der Waals surface area contributed by atoms with Gasteiger partial charge in [-0.1, -0.05) is 6.92 Å². The van der Waals surface area contributed by atoms with E-state index in [1.165, 1.54) is 4.90 Å². The lowest BCUT2D eigenvalue weighted by Crippen LogP contribution is -2.30. The summed E-state index contributed by atoms with van der Waals surface area (Å²) < 4.78 is 5.62. The number of aliphatic hydroxyl groups excluding tert-OH is 1. The van der Waals surface area contributed by atoms with Crippen LogP contribution < -0.4 is 4.74 Å². The number of hydrogen-bond acceptors (Lipinski definition) is 5. The Hall–Kier alpha value is -3.15. The smallest absolute Gasteiger partial charge is 0.295 e. The molecule has 1 aliphatic heterocycles. The first-order valence-corrected chi connectivity index (χ1v) is 9.39. The highest BCUT2D eigenvalue weighted by atomic mass is 16.5. The van der Waals surface area contributed by atoms with E-state index in [-0.39, 0.29) is 17.4 Å². The molecule has 1 atom stereocenters. The molecule has 0 saturated carbocycles. The normalized spacial score (nSPS) is 18.7. The van der Waals surface area contributed by atoms with Gasteiger partial charge in [-0.25, -0.2) is 0 Å². The van der Waals surface area contributed by atoms with Crippen molar-refractivity contribution >= 4 is 17.4 Å². The predicted molar refractivity (Wildman–Crippen MR) is 106 cm³/mol. The number of nitrogens with zero attached hydrogens (tertiary/aromatic N) is 2. The number of likely N-dealkylation sites (tertiary alicyclic amines) is 1. The summed E-state index contributed by atoms with van der Waals surface area (Å²) in [5.74, 6) is -0.779. The average molecular weight is 380 g/mol. The maximum atomic E-state index is 12.8. The van der Waals surface area contributed by atoms with Gasteiger partial charge in [0.1, 0.15) is 11.5 Å². The van der Waals surface area contributed by atoms with Crippen LogP contribution in [0.15, 0.2) is 54.4 Å². The molecule has 1 fully saturated rings. The van der Waals surface area contributed by atoms with E-state index in [0.29, 0.717) is 24.3 Å². The third-order valence-corrected chi connectivity index (χ3v) is 4.53. The second kappa shape index (κ2) is 8.25. The molecule has 28 heavy (non-hydrogen) atoms.